The summed E-state index contributed by atoms with van der Waals surface area (Å²) >= 11 is 0. The monoisotopic (exact) mass is 334 g/mol. The van der Waals surface area contributed by atoms with Crippen LogP contribution in [0.4, 0.5) is 4.79 Å². The molecule has 3 heterocycles. The highest BCUT2D eigenvalue weighted by Crippen LogP contribution is 2.31. The van der Waals surface area contributed by atoms with E-state index in [1.807, 2.05) is 30.9 Å². The molecule has 2 saturated heterocycles. The van der Waals surface area contributed by atoms with Gasteiger partial charge in [0.05, 0.1) is 12.8 Å². The van der Waals surface area contributed by atoms with Gasteiger partial charge in [-0.15, -0.1) is 0 Å². The summed E-state index contributed by atoms with van der Waals surface area (Å²) in [5, 5.41) is 5.90. The van der Waals surface area contributed by atoms with Crippen LogP contribution in [0.3, 0.4) is 0 Å². The summed E-state index contributed by atoms with van der Waals surface area (Å²) in [5.74, 6) is 0.974. The zero-order valence-corrected chi connectivity index (χ0v) is 14.4. The quantitative estimate of drug-likeness (QED) is 0.865. The molecule has 1 spiro atoms. The van der Waals surface area contributed by atoms with Gasteiger partial charge in [0.25, 0.3) is 0 Å². The number of furan rings is 1. The van der Waals surface area contributed by atoms with E-state index in [0.717, 1.165) is 18.8 Å². The van der Waals surface area contributed by atoms with E-state index in [9.17, 15) is 9.59 Å². The minimum Gasteiger partial charge on any atom is -0.468 e. The SMILES string of the molecule is CC(C)NC(=O)N1CCN(Cc2ccco2)C[C@@]2(CNC(=O)C2)C1. The fraction of sp³-hybridized carbons (Fsp3) is 0.647. The molecule has 0 saturated carbocycles. The highest BCUT2D eigenvalue weighted by atomic mass is 16.3. The minimum absolute atomic E-state index is 0.0522. The van der Waals surface area contributed by atoms with E-state index in [4.69, 9.17) is 4.42 Å². The summed E-state index contributed by atoms with van der Waals surface area (Å²) in [5.41, 5.74) is -0.228. The van der Waals surface area contributed by atoms with Crippen LogP contribution < -0.4 is 10.6 Å². The van der Waals surface area contributed by atoms with E-state index < -0.39 is 0 Å². The highest BCUT2D eigenvalue weighted by Gasteiger charge is 2.44. The second-order valence-corrected chi connectivity index (χ2v) is 7.27. The van der Waals surface area contributed by atoms with Gasteiger partial charge in [-0.2, -0.15) is 0 Å². The number of hydrogen-bond acceptors (Lipinski definition) is 4. The predicted molar refractivity (Wildman–Crippen MR) is 89.3 cm³/mol. The number of nitrogens with one attached hydrogen (secondary N) is 2. The normalized spacial score (nSPS) is 25.1. The number of carbonyl (C=O) groups is 2. The van der Waals surface area contributed by atoms with Crippen molar-refractivity contribution in [1.29, 1.82) is 0 Å². The van der Waals surface area contributed by atoms with Gasteiger partial charge in [-0.25, -0.2) is 4.79 Å². The summed E-state index contributed by atoms with van der Waals surface area (Å²) in [6.45, 7) is 8.01. The average Bonchev–Trinajstić information content (AvgIpc) is 3.08. The van der Waals surface area contributed by atoms with Crippen molar-refractivity contribution >= 4 is 11.9 Å². The Morgan fingerprint density at radius 2 is 2.25 bits per heavy atom. The molecule has 3 amide bonds. The molecule has 1 atom stereocenters. The van der Waals surface area contributed by atoms with Crippen LogP contribution in [-0.2, 0) is 11.3 Å². The Kier molecular flexibility index (Phi) is 4.80. The molecule has 1 aromatic rings. The standard InChI is InChI=1S/C17H26N4O3/c1-13(2)19-16(23)21-6-5-20(9-14-4-3-7-24-14)11-17(12-21)8-15(22)18-10-17/h3-4,7,13H,5-6,8-12H2,1-2H3,(H,18,22)(H,19,23)/t17-/m1/s1. The molecule has 2 aliphatic rings. The number of hydrogen-bond donors (Lipinski definition) is 2. The van der Waals surface area contributed by atoms with Gasteiger partial charge in [-0.3, -0.25) is 9.69 Å². The van der Waals surface area contributed by atoms with Crippen molar-refractivity contribution in [1.82, 2.24) is 20.4 Å². The lowest BCUT2D eigenvalue weighted by molar-refractivity contribution is -0.119. The molecule has 0 aromatic carbocycles. The van der Waals surface area contributed by atoms with Crippen LogP contribution in [0.15, 0.2) is 22.8 Å². The van der Waals surface area contributed by atoms with Crippen molar-refractivity contribution in [2.45, 2.75) is 32.9 Å². The lowest BCUT2D eigenvalue weighted by Crippen LogP contribution is -2.48. The second kappa shape index (κ2) is 6.84. The first-order valence-corrected chi connectivity index (χ1v) is 8.53. The molecular formula is C17H26N4O3. The van der Waals surface area contributed by atoms with E-state index in [1.165, 1.54) is 0 Å². The van der Waals surface area contributed by atoms with Crippen LogP contribution in [0, 0.1) is 5.41 Å². The van der Waals surface area contributed by atoms with Crippen molar-refractivity contribution in [2.24, 2.45) is 5.41 Å². The first kappa shape index (κ1) is 16.8. The molecule has 2 aliphatic heterocycles. The lowest BCUT2D eigenvalue weighted by atomic mass is 9.86. The van der Waals surface area contributed by atoms with Gasteiger partial charge in [0.2, 0.25) is 5.91 Å². The van der Waals surface area contributed by atoms with Crippen molar-refractivity contribution in [3.63, 3.8) is 0 Å². The van der Waals surface area contributed by atoms with Crippen LogP contribution in [0.1, 0.15) is 26.0 Å². The Hall–Kier alpha value is -2.02. The predicted octanol–water partition coefficient (Wildman–Crippen LogP) is 1.02. The Bertz CT molecular complexity index is 587. The third-order valence-electron chi connectivity index (χ3n) is 4.63. The van der Waals surface area contributed by atoms with Gasteiger partial charge < -0.3 is 20.0 Å². The van der Waals surface area contributed by atoms with Crippen LogP contribution in [0.5, 0.6) is 0 Å². The molecule has 0 aliphatic carbocycles. The molecule has 0 radical (unpaired) electrons. The Morgan fingerprint density at radius 3 is 2.88 bits per heavy atom. The molecule has 7 heteroatoms. The number of carbonyl (C=O) groups excluding carboxylic acids is 2. The second-order valence-electron chi connectivity index (χ2n) is 7.27. The molecule has 2 fully saturated rings. The third kappa shape index (κ3) is 3.90. The van der Waals surface area contributed by atoms with Crippen LogP contribution in [0.25, 0.3) is 0 Å². The van der Waals surface area contributed by atoms with E-state index >= 15 is 0 Å². The summed E-state index contributed by atoms with van der Waals surface area (Å²) in [6.07, 6.45) is 2.14. The van der Waals surface area contributed by atoms with Gasteiger partial charge in [-0.05, 0) is 26.0 Å². The number of amides is 3. The lowest BCUT2D eigenvalue weighted by Gasteiger charge is -2.32. The van der Waals surface area contributed by atoms with Gasteiger partial charge in [-0.1, -0.05) is 0 Å². The maximum Gasteiger partial charge on any atom is 0.317 e. The Morgan fingerprint density at radius 1 is 1.42 bits per heavy atom. The van der Waals surface area contributed by atoms with Crippen molar-refractivity contribution < 1.29 is 14.0 Å². The van der Waals surface area contributed by atoms with Gasteiger partial charge >= 0.3 is 6.03 Å². The number of nitrogens with zero attached hydrogens (tertiary/aromatic N) is 2. The molecule has 1 aromatic heterocycles. The molecule has 24 heavy (non-hydrogen) atoms. The smallest absolute Gasteiger partial charge is 0.317 e. The molecule has 132 valence electrons. The van der Waals surface area contributed by atoms with Crippen LogP contribution >= 0.6 is 0 Å². The fourth-order valence-electron chi connectivity index (χ4n) is 3.59. The van der Waals surface area contributed by atoms with Gasteiger partial charge in [0.1, 0.15) is 5.76 Å². The largest absolute Gasteiger partial charge is 0.468 e. The van der Waals surface area contributed by atoms with Crippen molar-refractivity contribution in [3.05, 3.63) is 24.2 Å². The summed E-state index contributed by atoms with van der Waals surface area (Å²) < 4.78 is 5.46. The zero-order valence-electron chi connectivity index (χ0n) is 14.4. The molecule has 0 bridgehead atoms. The van der Waals surface area contributed by atoms with Crippen LogP contribution in [0.2, 0.25) is 0 Å². The van der Waals surface area contributed by atoms with Gasteiger partial charge in [0, 0.05) is 50.6 Å². The zero-order chi connectivity index (χ0) is 17.2. The number of rotatable bonds is 3. The molecule has 3 rings (SSSR count). The summed E-state index contributed by atoms with van der Waals surface area (Å²) in [4.78, 5) is 28.4. The van der Waals surface area contributed by atoms with Crippen molar-refractivity contribution in [2.75, 3.05) is 32.7 Å². The molecule has 0 unspecified atom stereocenters. The first-order chi connectivity index (χ1) is 11.5. The van der Waals surface area contributed by atoms with E-state index in [1.54, 1.807) is 6.26 Å². The topological polar surface area (TPSA) is 77.8 Å². The third-order valence-corrected chi connectivity index (χ3v) is 4.63. The Labute approximate surface area is 142 Å². The highest BCUT2D eigenvalue weighted by molar-refractivity contribution is 5.80. The van der Waals surface area contributed by atoms with E-state index in [-0.39, 0.29) is 23.4 Å². The van der Waals surface area contributed by atoms with Crippen LogP contribution in [-0.4, -0.2) is 60.5 Å². The first-order valence-electron chi connectivity index (χ1n) is 8.53. The van der Waals surface area contributed by atoms with Gasteiger partial charge in [0.15, 0.2) is 0 Å². The summed E-state index contributed by atoms with van der Waals surface area (Å²) in [7, 11) is 0. The van der Waals surface area contributed by atoms with E-state index in [2.05, 4.69) is 15.5 Å². The number of urea groups is 1. The van der Waals surface area contributed by atoms with Crippen molar-refractivity contribution in [3.8, 4) is 0 Å². The average molecular weight is 334 g/mol. The summed E-state index contributed by atoms with van der Waals surface area (Å²) in [6, 6.07) is 3.88. The maximum atomic E-state index is 12.5. The molecular weight excluding hydrogens is 308 g/mol. The molecule has 7 nitrogen and oxygen atoms in total. The maximum absolute atomic E-state index is 12.5. The van der Waals surface area contributed by atoms with E-state index in [0.29, 0.717) is 32.6 Å². The Balaban J connectivity index is 1.75. The minimum atomic E-state index is -0.228. The fourth-order valence-corrected chi connectivity index (χ4v) is 3.59. The molecule has 2 N–H and O–H groups in total.